The number of likely N-dealkylation sites (tertiary alicyclic amines) is 1. The highest BCUT2D eigenvalue weighted by Gasteiger charge is 2.80. The fourth-order valence-corrected chi connectivity index (χ4v) is 6.39. The van der Waals surface area contributed by atoms with Gasteiger partial charge in [0.25, 0.3) is 0 Å². The van der Waals surface area contributed by atoms with Crippen molar-refractivity contribution in [1.29, 1.82) is 0 Å². The van der Waals surface area contributed by atoms with Crippen molar-refractivity contribution in [3.8, 4) is 0 Å². The average molecular weight is 471 g/mol. The van der Waals surface area contributed by atoms with E-state index in [1.807, 2.05) is 37.3 Å². The Labute approximate surface area is 200 Å². The molecule has 3 aliphatic rings. The Hall–Kier alpha value is -2.71. The topological polar surface area (TPSA) is 107 Å². The number of unbranched alkanes of at least 4 members (excludes halogenated alkanes) is 1. The molecule has 2 N–H and O–H groups in total. The van der Waals surface area contributed by atoms with Gasteiger partial charge < -0.3 is 24.7 Å². The summed E-state index contributed by atoms with van der Waals surface area (Å²) < 4.78 is 6.51. The molecular weight excluding hydrogens is 436 g/mol. The van der Waals surface area contributed by atoms with Gasteiger partial charge in [0.1, 0.15) is 17.6 Å². The normalized spacial score (nSPS) is 33.7. The number of amides is 2. The molecule has 3 heterocycles. The number of aliphatic hydroxyl groups excluding tert-OH is 1. The van der Waals surface area contributed by atoms with Crippen molar-refractivity contribution in [3.63, 3.8) is 0 Å². The molecule has 3 aliphatic heterocycles. The van der Waals surface area contributed by atoms with Crippen molar-refractivity contribution in [2.75, 3.05) is 19.7 Å². The van der Waals surface area contributed by atoms with E-state index in [4.69, 9.17) is 4.74 Å². The van der Waals surface area contributed by atoms with Gasteiger partial charge >= 0.3 is 5.97 Å². The summed E-state index contributed by atoms with van der Waals surface area (Å²) in [7, 11) is 0. The van der Waals surface area contributed by atoms with Gasteiger partial charge in [-0.1, -0.05) is 43.3 Å². The zero-order chi connectivity index (χ0) is 24.7. The predicted octanol–water partition coefficient (Wildman–Crippen LogP) is 2.07. The molecule has 3 unspecified atom stereocenters. The van der Waals surface area contributed by atoms with Crippen LogP contribution in [-0.4, -0.2) is 74.7 Å². The number of ether oxygens (including phenoxy) is 1. The number of hydrogen-bond donors (Lipinski definition) is 2. The Kier molecular flexibility index (Phi) is 6.57. The van der Waals surface area contributed by atoms with Gasteiger partial charge in [-0.05, 0) is 37.7 Å². The SMILES string of the molecule is C=CCN(Cc1ccccc1)C(=O)C1N(CCCCO)C(=O)[C@@H]2[C@H](C(=O)O)[C@@]3(C)OC12CC3C. The number of benzene rings is 1. The molecule has 6 atom stereocenters. The van der Waals surface area contributed by atoms with E-state index in [0.29, 0.717) is 32.4 Å². The van der Waals surface area contributed by atoms with Crippen LogP contribution >= 0.6 is 0 Å². The molecule has 8 heteroatoms. The number of fused-ring (bicyclic) bond motifs is 1. The molecular formula is C26H34N2O6. The third-order valence-electron chi connectivity index (χ3n) is 8.00. The number of nitrogens with zero attached hydrogens (tertiary/aromatic N) is 2. The number of rotatable bonds is 10. The van der Waals surface area contributed by atoms with E-state index in [1.54, 1.807) is 17.9 Å². The summed E-state index contributed by atoms with van der Waals surface area (Å²) >= 11 is 0. The largest absolute Gasteiger partial charge is 0.481 e. The molecule has 3 fully saturated rings. The fraction of sp³-hybridized carbons (Fsp3) is 0.577. The second-order valence-corrected chi connectivity index (χ2v) is 10.00. The van der Waals surface area contributed by atoms with Crippen LogP contribution in [0.4, 0.5) is 0 Å². The van der Waals surface area contributed by atoms with E-state index in [1.165, 1.54) is 4.90 Å². The molecule has 1 aromatic rings. The maximum atomic E-state index is 14.1. The predicted molar refractivity (Wildman–Crippen MR) is 124 cm³/mol. The van der Waals surface area contributed by atoms with Crippen molar-refractivity contribution in [2.24, 2.45) is 17.8 Å². The summed E-state index contributed by atoms with van der Waals surface area (Å²) in [6.45, 7) is 8.39. The van der Waals surface area contributed by atoms with Crippen LogP contribution in [0.15, 0.2) is 43.0 Å². The fourth-order valence-electron chi connectivity index (χ4n) is 6.39. The van der Waals surface area contributed by atoms with Gasteiger partial charge in [-0.25, -0.2) is 0 Å². The second kappa shape index (κ2) is 9.15. The van der Waals surface area contributed by atoms with E-state index in [0.717, 1.165) is 5.56 Å². The van der Waals surface area contributed by atoms with E-state index < -0.39 is 35.0 Å². The third kappa shape index (κ3) is 3.64. The molecule has 1 aromatic carbocycles. The van der Waals surface area contributed by atoms with Gasteiger partial charge in [-0.15, -0.1) is 6.58 Å². The first kappa shape index (κ1) is 24.4. The first-order valence-corrected chi connectivity index (χ1v) is 12.0. The Balaban J connectivity index is 1.75. The smallest absolute Gasteiger partial charge is 0.310 e. The van der Waals surface area contributed by atoms with Crippen LogP contribution in [0.25, 0.3) is 0 Å². The molecule has 4 rings (SSSR count). The lowest BCUT2D eigenvalue weighted by Gasteiger charge is -2.37. The lowest BCUT2D eigenvalue weighted by molar-refractivity contribution is -0.158. The van der Waals surface area contributed by atoms with Gasteiger partial charge in [-0.3, -0.25) is 14.4 Å². The molecule has 34 heavy (non-hydrogen) atoms. The summed E-state index contributed by atoms with van der Waals surface area (Å²) in [4.78, 5) is 43.4. The van der Waals surface area contributed by atoms with Gasteiger partial charge in [-0.2, -0.15) is 0 Å². The van der Waals surface area contributed by atoms with Crippen LogP contribution < -0.4 is 0 Å². The highest BCUT2D eigenvalue weighted by Crippen LogP contribution is 2.65. The minimum atomic E-state index is -1.18. The summed E-state index contributed by atoms with van der Waals surface area (Å²) in [5.41, 5.74) is -1.24. The Morgan fingerprint density at radius 2 is 2.00 bits per heavy atom. The zero-order valence-corrected chi connectivity index (χ0v) is 19.9. The van der Waals surface area contributed by atoms with Gasteiger partial charge in [0, 0.05) is 26.2 Å². The van der Waals surface area contributed by atoms with Crippen LogP contribution in [0.2, 0.25) is 0 Å². The Bertz CT molecular complexity index is 967. The van der Waals surface area contributed by atoms with Gasteiger partial charge in [0.05, 0.1) is 11.5 Å². The van der Waals surface area contributed by atoms with E-state index in [9.17, 15) is 24.6 Å². The lowest BCUT2D eigenvalue weighted by Crippen LogP contribution is -2.56. The number of hydrogen-bond acceptors (Lipinski definition) is 5. The van der Waals surface area contributed by atoms with E-state index >= 15 is 0 Å². The molecule has 1 spiro atoms. The van der Waals surface area contributed by atoms with Gasteiger partial charge in [0.15, 0.2) is 0 Å². The summed E-state index contributed by atoms with van der Waals surface area (Å²) in [5.74, 6) is -3.69. The average Bonchev–Trinajstić information content (AvgIpc) is 3.31. The summed E-state index contributed by atoms with van der Waals surface area (Å²) in [5, 5.41) is 19.4. The molecule has 0 aromatic heterocycles. The second-order valence-electron chi connectivity index (χ2n) is 10.00. The number of carboxylic acid groups (broad SMARTS) is 1. The first-order chi connectivity index (χ1) is 16.2. The molecule has 8 nitrogen and oxygen atoms in total. The highest BCUT2D eigenvalue weighted by atomic mass is 16.5. The first-order valence-electron chi connectivity index (χ1n) is 12.0. The lowest BCUT2D eigenvalue weighted by atomic mass is 9.62. The van der Waals surface area contributed by atoms with Crippen LogP contribution in [0.1, 0.15) is 38.7 Å². The molecule has 0 saturated carbocycles. The minimum Gasteiger partial charge on any atom is -0.481 e. The molecule has 2 amide bonds. The molecule has 184 valence electrons. The number of carbonyl (C=O) groups excluding carboxylic acids is 2. The molecule has 3 saturated heterocycles. The summed E-state index contributed by atoms with van der Waals surface area (Å²) in [6, 6.07) is 8.67. The van der Waals surface area contributed by atoms with E-state index in [2.05, 4.69) is 6.58 Å². The maximum Gasteiger partial charge on any atom is 0.310 e. The Morgan fingerprint density at radius 1 is 1.29 bits per heavy atom. The van der Waals surface area contributed by atoms with Crippen molar-refractivity contribution in [3.05, 3.63) is 48.6 Å². The maximum absolute atomic E-state index is 14.1. The monoisotopic (exact) mass is 470 g/mol. The van der Waals surface area contributed by atoms with Crippen molar-refractivity contribution < 1.29 is 29.3 Å². The highest BCUT2D eigenvalue weighted by molar-refractivity contribution is 5.98. The minimum absolute atomic E-state index is 0.0187. The molecule has 2 bridgehead atoms. The van der Waals surface area contributed by atoms with Gasteiger partial charge in [0.2, 0.25) is 11.8 Å². The quantitative estimate of drug-likeness (QED) is 0.400. The van der Waals surface area contributed by atoms with Crippen molar-refractivity contribution >= 4 is 17.8 Å². The standard InChI is InChI=1S/C26H34N2O6/c1-4-12-27(16-18-10-6-5-7-11-18)23(31)21-26-15-17(2)25(3,34-26)20(24(32)33)19(26)22(30)28(21)13-8-9-14-29/h4-7,10-11,17,19-21,29H,1,8-9,12-16H2,2-3H3,(H,32,33)/t17?,19-,20+,21?,25-,26?/m0/s1. The molecule has 0 radical (unpaired) electrons. The zero-order valence-electron chi connectivity index (χ0n) is 19.9. The van der Waals surface area contributed by atoms with E-state index in [-0.39, 0.29) is 30.9 Å². The van der Waals surface area contributed by atoms with Crippen LogP contribution in [0.5, 0.6) is 0 Å². The van der Waals surface area contributed by atoms with Crippen LogP contribution in [-0.2, 0) is 25.7 Å². The molecule has 0 aliphatic carbocycles. The number of aliphatic hydroxyl groups is 1. The number of aliphatic carboxylic acids is 1. The number of carboxylic acids is 1. The van der Waals surface area contributed by atoms with Crippen molar-refractivity contribution in [2.45, 2.75) is 56.9 Å². The van der Waals surface area contributed by atoms with Crippen LogP contribution in [0, 0.1) is 17.8 Å². The summed E-state index contributed by atoms with van der Waals surface area (Å²) in [6.07, 6.45) is 3.10. The Morgan fingerprint density at radius 3 is 2.62 bits per heavy atom. The van der Waals surface area contributed by atoms with Crippen LogP contribution in [0.3, 0.4) is 0 Å². The van der Waals surface area contributed by atoms with Crippen molar-refractivity contribution in [1.82, 2.24) is 9.80 Å². The third-order valence-corrected chi connectivity index (χ3v) is 8.00. The number of carbonyl (C=O) groups is 3.